The van der Waals surface area contributed by atoms with Gasteiger partial charge in [-0.2, -0.15) is 0 Å². The molecule has 9 heteroatoms. The van der Waals surface area contributed by atoms with Crippen LogP contribution in [0.2, 0.25) is 0 Å². The van der Waals surface area contributed by atoms with Crippen LogP contribution in [0.5, 0.6) is 0 Å². The lowest BCUT2D eigenvalue weighted by Gasteiger charge is -2.20. The second kappa shape index (κ2) is 10.1. The highest BCUT2D eigenvalue weighted by Crippen LogP contribution is 2.30. The Morgan fingerprint density at radius 3 is 2.03 bits per heavy atom. The number of esters is 1. The molecule has 0 bridgehead atoms. The Labute approximate surface area is 202 Å². The number of amides is 3. The summed E-state index contributed by atoms with van der Waals surface area (Å²) < 4.78 is 4.66. The van der Waals surface area contributed by atoms with Crippen molar-refractivity contribution in [2.45, 2.75) is 25.7 Å². The van der Waals surface area contributed by atoms with E-state index >= 15 is 0 Å². The van der Waals surface area contributed by atoms with Gasteiger partial charge in [-0.1, -0.05) is 24.4 Å². The fourth-order valence-electron chi connectivity index (χ4n) is 4.01. The third-order valence-electron chi connectivity index (χ3n) is 5.87. The highest BCUT2D eigenvalue weighted by atomic mass is 35.5. The Bertz CT molecular complexity index is 1150. The van der Waals surface area contributed by atoms with E-state index in [2.05, 4.69) is 10.1 Å². The Morgan fingerprint density at radius 1 is 0.853 bits per heavy atom. The van der Waals surface area contributed by atoms with Crippen molar-refractivity contribution in [2.24, 2.45) is 0 Å². The fraction of sp³-hybridized carbons (Fsp3) is 0.280. The van der Waals surface area contributed by atoms with Gasteiger partial charge in [0.15, 0.2) is 0 Å². The second-order valence-electron chi connectivity index (χ2n) is 8.08. The Hall–Kier alpha value is -3.65. The third-order valence-corrected chi connectivity index (χ3v) is 6.22. The number of carbonyl (C=O) groups is 4. The standard InChI is InChI=1S/C25H24ClN3O5/c1-34-25(33)17-8-12-19(13-9-17)29-23(31)20(26)21(24(29)32)27-18-10-6-16(7-11-18)22(30)28-14-4-2-3-5-15-28/h6-13,27H,2-5,14-15H2,1H3. The molecule has 34 heavy (non-hydrogen) atoms. The second-order valence-corrected chi connectivity index (χ2v) is 8.46. The van der Waals surface area contributed by atoms with Crippen LogP contribution >= 0.6 is 11.6 Å². The first kappa shape index (κ1) is 23.5. The zero-order valence-corrected chi connectivity index (χ0v) is 19.4. The molecule has 0 saturated carbocycles. The van der Waals surface area contributed by atoms with E-state index in [9.17, 15) is 19.2 Å². The van der Waals surface area contributed by atoms with Gasteiger partial charge in [-0.25, -0.2) is 9.69 Å². The number of ether oxygens (including phenoxy) is 1. The summed E-state index contributed by atoms with van der Waals surface area (Å²) in [5.41, 5.74) is 1.59. The van der Waals surface area contributed by atoms with Gasteiger partial charge in [0.2, 0.25) is 0 Å². The van der Waals surface area contributed by atoms with Crippen LogP contribution in [0.3, 0.4) is 0 Å². The number of rotatable bonds is 5. The molecule has 1 N–H and O–H groups in total. The highest BCUT2D eigenvalue weighted by Gasteiger charge is 2.39. The van der Waals surface area contributed by atoms with Crippen molar-refractivity contribution < 1.29 is 23.9 Å². The van der Waals surface area contributed by atoms with Gasteiger partial charge >= 0.3 is 5.97 Å². The van der Waals surface area contributed by atoms with Crippen molar-refractivity contribution in [1.82, 2.24) is 4.90 Å². The molecular weight excluding hydrogens is 458 g/mol. The number of nitrogens with one attached hydrogen (secondary N) is 1. The van der Waals surface area contributed by atoms with E-state index in [1.54, 1.807) is 24.3 Å². The van der Waals surface area contributed by atoms with Crippen LogP contribution in [0.25, 0.3) is 0 Å². The van der Waals surface area contributed by atoms with E-state index in [0.717, 1.165) is 43.7 Å². The van der Waals surface area contributed by atoms with Gasteiger partial charge in [-0.05, 0) is 61.4 Å². The lowest BCUT2D eigenvalue weighted by Crippen LogP contribution is -2.32. The summed E-state index contributed by atoms with van der Waals surface area (Å²) in [6, 6.07) is 12.6. The number of benzene rings is 2. The molecule has 0 atom stereocenters. The topological polar surface area (TPSA) is 96.0 Å². The SMILES string of the molecule is COC(=O)c1ccc(N2C(=O)C(Cl)=C(Nc3ccc(C(=O)N4CCCCCC4)cc3)C2=O)cc1. The molecule has 2 aliphatic heterocycles. The summed E-state index contributed by atoms with van der Waals surface area (Å²) in [6.07, 6.45) is 4.30. The van der Waals surface area contributed by atoms with Crippen molar-refractivity contribution in [2.75, 3.05) is 30.4 Å². The molecule has 0 radical (unpaired) electrons. The molecule has 176 valence electrons. The maximum absolute atomic E-state index is 13.0. The number of halogens is 1. The molecular formula is C25H24ClN3O5. The largest absolute Gasteiger partial charge is 0.465 e. The fourth-order valence-corrected chi connectivity index (χ4v) is 4.22. The summed E-state index contributed by atoms with van der Waals surface area (Å²) in [7, 11) is 1.27. The van der Waals surface area contributed by atoms with Crippen LogP contribution in [0.15, 0.2) is 59.3 Å². The highest BCUT2D eigenvalue weighted by molar-refractivity contribution is 6.53. The Kier molecular flexibility index (Phi) is 6.98. The van der Waals surface area contributed by atoms with Crippen LogP contribution in [0.4, 0.5) is 11.4 Å². The van der Waals surface area contributed by atoms with Gasteiger partial charge in [0, 0.05) is 24.3 Å². The molecule has 4 rings (SSSR count). The third kappa shape index (κ3) is 4.68. The van der Waals surface area contributed by atoms with Crippen LogP contribution in [0.1, 0.15) is 46.4 Å². The molecule has 2 aromatic carbocycles. The van der Waals surface area contributed by atoms with Crippen molar-refractivity contribution in [3.8, 4) is 0 Å². The monoisotopic (exact) mass is 481 g/mol. The van der Waals surface area contributed by atoms with E-state index in [0.29, 0.717) is 11.3 Å². The number of likely N-dealkylation sites (tertiary alicyclic amines) is 1. The number of hydrogen-bond donors (Lipinski definition) is 1. The lowest BCUT2D eigenvalue weighted by molar-refractivity contribution is -0.120. The summed E-state index contributed by atoms with van der Waals surface area (Å²) >= 11 is 6.19. The minimum atomic E-state index is -0.673. The first-order valence-corrected chi connectivity index (χ1v) is 11.4. The number of methoxy groups -OCH3 is 1. The smallest absolute Gasteiger partial charge is 0.337 e. The molecule has 2 aromatic rings. The van der Waals surface area contributed by atoms with Crippen LogP contribution < -0.4 is 10.2 Å². The van der Waals surface area contributed by atoms with Crippen LogP contribution in [0, 0.1) is 0 Å². The van der Waals surface area contributed by atoms with E-state index in [1.165, 1.54) is 31.4 Å². The van der Waals surface area contributed by atoms with Gasteiger partial charge < -0.3 is 15.0 Å². The molecule has 0 unspecified atom stereocenters. The minimum absolute atomic E-state index is 0.0144. The molecule has 0 aliphatic carbocycles. The number of nitrogens with zero attached hydrogens (tertiary/aromatic N) is 2. The summed E-state index contributed by atoms with van der Waals surface area (Å²) in [4.78, 5) is 52.8. The van der Waals surface area contributed by atoms with E-state index in [-0.39, 0.29) is 27.9 Å². The maximum atomic E-state index is 13.0. The molecule has 2 aliphatic rings. The predicted molar refractivity (Wildman–Crippen MR) is 128 cm³/mol. The van der Waals surface area contributed by atoms with Crippen molar-refractivity contribution >= 4 is 46.7 Å². The zero-order valence-electron chi connectivity index (χ0n) is 18.7. The average molecular weight is 482 g/mol. The molecule has 1 fully saturated rings. The zero-order chi connectivity index (χ0) is 24.2. The molecule has 0 spiro atoms. The number of anilines is 2. The van der Waals surface area contributed by atoms with E-state index in [4.69, 9.17) is 11.6 Å². The summed E-state index contributed by atoms with van der Waals surface area (Å²) in [5.74, 6) is -1.83. The summed E-state index contributed by atoms with van der Waals surface area (Å²) in [5, 5.41) is 2.66. The number of hydrogen-bond acceptors (Lipinski definition) is 6. The average Bonchev–Trinajstić information content (AvgIpc) is 3.06. The number of carbonyl (C=O) groups excluding carboxylic acids is 4. The minimum Gasteiger partial charge on any atom is -0.465 e. The van der Waals surface area contributed by atoms with Crippen molar-refractivity contribution in [1.29, 1.82) is 0 Å². The van der Waals surface area contributed by atoms with E-state index < -0.39 is 17.8 Å². The Morgan fingerprint density at radius 2 is 1.44 bits per heavy atom. The van der Waals surface area contributed by atoms with Gasteiger partial charge in [0.05, 0.1) is 18.4 Å². The van der Waals surface area contributed by atoms with Crippen molar-refractivity contribution in [3.63, 3.8) is 0 Å². The van der Waals surface area contributed by atoms with Crippen molar-refractivity contribution in [3.05, 3.63) is 70.4 Å². The first-order chi connectivity index (χ1) is 16.4. The number of imide groups is 1. The molecule has 1 saturated heterocycles. The maximum Gasteiger partial charge on any atom is 0.337 e. The van der Waals surface area contributed by atoms with Gasteiger partial charge in [0.1, 0.15) is 10.7 Å². The lowest BCUT2D eigenvalue weighted by atomic mass is 10.1. The Balaban J connectivity index is 1.47. The molecule has 3 amide bonds. The molecule has 8 nitrogen and oxygen atoms in total. The van der Waals surface area contributed by atoms with E-state index in [1.807, 2.05) is 4.90 Å². The van der Waals surface area contributed by atoms with Crippen LogP contribution in [-0.4, -0.2) is 48.8 Å². The predicted octanol–water partition coefficient (Wildman–Crippen LogP) is 3.93. The van der Waals surface area contributed by atoms with Gasteiger partial charge in [0.25, 0.3) is 17.7 Å². The van der Waals surface area contributed by atoms with Gasteiger partial charge in [-0.15, -0.1) is 0 Å². The van der Waals surface area contributed by atoms with Crippen LogP contribution in [-0.2, 0) is 14.3 Å². The van der Waals surface area contributed by atoms with Gasteiger partial charge in [-0.3, -0.25) is 14.4 Å². The molecule has 0 aromatic heterocycles. The molecule has 2 heterocycles. The first-order valence-electron chi connectivity index (χ1n) is 11.0. The normalized spacial score (nSPS) is 16.5. The quantitative estimate of drug-likeness (QED) is 0.513. The summed E-state index contributed by atoms with van der Waals surface area (Å²) in [6.45, 7) is 1.52.